The molecule has 12 aromatic rings. The summed E-state index contributed by atoms with van der Waals surface area (Å²) < 4.78 is 5.02. The van der Waals surface area contributed by atoms with E-state index in [-0.39, 0.29) is 0 Å². The van der Waals surface area contributed by atoms with E-state index in [9.17, 15) is 0 Å². The number of rotatable bonds is 8. The Kier molecular flexibility index (Phi) is 8.87. The molecule has 63 heavy (non-hydrogen) atoms. The molecule has 2 aromatic heterocycles. The minimum Gasteiger partial charge on any atom is -0.307 e. The predicted molar refractivity (Wildman–Crippen MR) is 270 cm³/mol. The first-order chi connectivity index (χ1) is 31.3. The number of fused-ring (bicyclic) bond motifs is 6. The Bertz CT molecular complexity index is 3500. The van der Waals surface area contributed by atoms with E-state index in [1.165, 1.54) is 86.6 Å². The maximum Gasteiger partial charge on any atom is 0.180 e. The third kappa shape index (κ3) is 5.85. The summed E-state index contributed by atoms with van der Waals surface area (Å²) in [4.78, 5) is 0. The number of hydrogen-bond donors (Lipinski definition) is 0. The molecule has 0 saturated carbocycles. The van der Waals surface area contributed by atoms with Gasteiger partial charge in [0.25, 0.3) is 0 Å². The third-order valence-electron chi connectivity index (χ3n) is 13.0. The van der Waals surface area contributed by atoms with Crippen molar-refractivity contribution in [3.63, 3.8) is 0 Å². The van der Waals surface area contributed by atoms with E-state index in [0.29, 0.717) is 0 Å². The quantitative estimate of drug-likeness (QED) is 0.107. The van der Waals surface area contributed by atoms with E-state index >= 15 is 0 Å². The van der Waals surface area contributed by atoms with Crippen molar-refractivity contribution in [1.29, 1.82) is 0 Å². The fourth-order valence-corrected chi connectivity index (χ4v) is 15.4. The van der Waals surface area contributed by atoms with E-state index in [4.69, 9.17) is 0 Å². The number of benzene rings is 10. The van der Waals surface area contributed by atoms with Crippen molar-refractivity contribution < 1.29 is 0 Å². The van der Waals surface area contributed by atoms with Crippen molar-refractivity contribution >= 4 is 72.4 Å². The summed E-state index contributed by atoms with van der Waals surface area (Å²) in [6.45, 7) is 0. The van der Waals surface area contributed by atoms with E-state index in [0.717, 1.165) is 11.4 Å². The van der Waals surface area contributed by atoms with Gasteiger partial charge in [-0.1, -0.05) is 218 Å². The van der Waals surface area contributed by atoms with Crippen molar-refractivity contribution in [2.24, 2.45) is 0 Å². The summed E-state index contributed by atoms with van der Waals surface area (Å²) in [5.41, 5.74) is 11.8. The maximum atomic E-state index is 2.58. The van der Waals surface area contributed by atoms with Gasteiger partial charge in [0.05, 0.1) is 27.8 Å². The summed E-state index contributed by atoms with van der Waals surface area (Å²) in [6.07, 6.45) is 0. The summed E-state index contributed by atoms with van der Waals surface area (Å²) in [5.74, 6) is 0. The first-order valence-corrected chi connectivity index (χ1v) is 23.8. The zero-order chi connectivity index (χ0) is 41.7. The van der Waals surface area contributed by atoms with Crippen molar-refractivity contribution in [2.45, 2.75) is 0 Å². The van der Waals surface area contributed by atoms with Crippen LogP contribution in [0.4, 0.5) is 0 Å². The molecule has 0 bridgehead atoms. The van der Waals surface area contributed by atoms with E-state index in [1.807, 2.05) is 0 Å². The largest absolute Gasteiger partial charge is 0.307 e. The Labute approximate surface area is 368 Å². The van der Waals surface area contributed by atoms with Gasteiger partial charge in [-0.2, -0.15) is 0 Å². The van der Waals surface area contributed by atoms with Crippen LogP contribution in [0, 0.1) is 0 Å². The van der Waals surface area contributed by atoms with Gasteiger partial charge in [0.15, 0.2) is 8.07 Å². The van der Waals surface area contributed by atoms with Gasteiger partial charge in [-0.25, -0.2) is 0 Å². The number of aromatic nitrogens is 2. The fraction of sp³-hybridized carbons (Fsp3) is 0. The molecule has 0 radical (unpaired) electrons. The van der Waals surface area contributed by atoms with E-state index in [1.54, 1.807) is 0 Å². The average Bonchev–Trinajstić information content (AvgIpc) is 3.88. The van der Waals surface area contributed by atoms with Crippen LogP contribution in [-0.2, 0) is 0 Å². The molecule has 0 saturated heterocycles. The summed E-state index contributed by atoms with van der Waals surface area (Å²) in [7, 11) is -2.97. The number of nitrogens with zero attached hydrogens (tertiary/aromatic N) is 2. The lowest BCUT2D eigenvalue weighted by Crippen LogP contribution is -2.75. The molecule has 0 amide bonds. The Balaban J connectivity index is 1.23. The number of para-hydroxylation sites is 3. The highest BCUT2D eigenvalue weighted by molar-refractivity contribution is 7.20. The first-order valence-electron chi connectivity index (χ1n) is 21.8. The molecule has 2 heterocycles. The van der Waals surface area contributed by atoms with Crippen LogP contribution in [0.5, 0.6) is 0 Å². The molecular formula is C60H42N2Si. The lowest BCUT2D eigenvalue weighted by atomic mass is 10.0. The van der Waals surface area contributed by atoms with Crippen LogP contribution in [0.2, 0.25) is 0 Å². The highest BCUT2D eigenvalue weighted by Gasteiger charge is 2.43. The van der Waals surface area contributed by atoms with Gasteiger partial charge in [-0.05, 0) is 79.4 Å². The molecule has 10 aromatic carbocycles. The molecule has 2 nitrogen and oxygen atoms in total. The van der Waals surface area contributed by atoms with Gasteiger partial charge in [0.1, 0.15) is 0 Å². The van der Waals surface area contributed by atoms with E-state index in [2.05, 4.69) is 264 Å². The zero-order valence-electron chi connectivity index (χ0n) is 34.6. The van der Waals surface area contributed by atoms with Crippen LogP contribution in [0.15, 0.2) is 255 Å². The van der Waals surface area contributed by atoms with Crippen LogP contribution >= 0.6 is 0 Å². The molecule has 0 spiro atoms. The number of hydrogen-bond acceptors (Lipinski definition) is 0. The predicted octanol–water partition coefficient (Wildman–Crippen LogP) is 12.6. The van der Waals surface area contributed by atoms with Crippen molar-refractivity contribution in [2.75, 3.05) is 0 Å². The average molecular weight is 819 g/mol. The minimum atomic E-state index is -2.97. The van der Waals surface area contributed by atoms with E-state index < -0.39 is 8.07 Å². The van der Waals surface area contributed by atoms with Crippen molar-refractivity contribution in [3.05, 3.63) is 255 Å². The second-order valence-electron chi connectivity index (χ2n) is 16.4. The third-order valence-corrected chi connectivity index (χ3v) is 17.9. The molecule has 0 atom stereocenters. The van der Waals surface area contributed by atoms with Crippen LogP contribution in [-0.4, -0.2) is 17.2 Å². The Morgan fingerprint density at radius 2 is 0.746 bits per heavy atom. The molecule has 0 aliphatic carbocycles. The van der Waals surface area contributed by atoms with Crippen LogP contribution in [0.3, 0.4) is 0 Å². The second kappa shape index (κ2) is 15.2. The summed E-state index contributed by atoms with van der Waals surface area (Å²) in [6, 6.07) is 94.4. The lowest BCUT2D eigenvalue weighted by molar-refractivity contribution is 1.13. The van der Waals surface area contributed by atoms with Crippen LogP contribution < -0.4 is 20.7 Å². The summed E-state index contributed by atoms with van der Waals surface area (Å²) >= 11 is 0. The van der Waals surface area contributed by atoms with Gasteiger partial charge >= 0.3 is 0 Å². The Hall–Kier alpha value is -7.98. The highest BCUT2D eigenvalue weighted by atomic mass is 28.3. The van der Waals surface area contributed by atoms with Gasteiger partial charge in [-0.3, -0.25) is 0 Å². The van der Waals surface area contributed by atoms with Crippen LogP contribution in [0.25, 0.3) is 77.2 Å². The molecule has 296 valence electrons. The lowest BCUT2D eigenvalue weighted by Gasteiger charge is -2.36. The summed E-state index contributed by atoms with van der Waals surface area (Å²) in [5, 5.41) is 10.4. The molecule has 12 rings (SSSR count). The van der Waals surface area contributed by atoms with Gasteiger partial charge in [0.2, 0.25) is 0 Å². The highest BCUT2D eigenvalue weighted by Crippen LogP contribution is 2.41. The molecule has 0 unspecified atom stereocenters. The van der Waals surface area contributed by atoms with Gasteiger partial charge in [0, 0.05) is 27.2 Å². The minimum absolute atomic E-state index is 1.13. The molecular weight excluding hydrogens is 777 g/mol. The molecule has 0 fully saturated rings. The van der Waals surface area contributed by atoms with Crippen molar-refractivity contribution in [3.8, 4) is 33.6 Å². The standard InChI is InChI=1S/C60H42N2Si/c1-6-22-43(23-7-1)45-26-20-27-46(40-45)61-55-37-18-16-34-50(55)52-36-21-39-57(60(52)61)62-56-38-19-17-35-51(56)54-42-59(53(41-58(54)62)44-24-8-2-9-25-44)63(47-28-10-3-11-29-47,48-30-12-4-13-31-48)49-32-14-5-15-33-49/h1-42H. The molecule has 0 aliphatic heterocycles. The topological polar surface area (TPSA) is 9.86 Å². The Morgan fingerprint density at radius 3 is 1.35 bits per heavy atom. The molecule has 0 N–H and O–H groups in total. The first kappa shape index (κ1) is 36.8. The maximum absolute atomic E-state index is 2.97. The SMILES string of the molecule is c1ccc(-c2cccc(-n3c4ccccc4c4cccc(-n5c6ccccc6c6cc([Si](c7ccccc7)(c7ccccc7)c7ccccc7)c(-c7ccccc7)cc65)c43)c2)cc1. The smallest absolute Gasteiger partial charge is 0.180 e. The molecule has 3 heteroatoms. The Morgan fingerprint density at radius 1 is 0.286 bits per heavy atom. The zero-order valence-corrected chi connectivity index (χ0v) is 35.6. The molecule has 0 aliphatic rings. The monoisotopic (exact) mass is 818 g/mol. The van der Waals surface area contributed by atoms with Gasteiger partial charge < -0.3 is 9.13 Å². The van der Waals surface area contributed by atoms with Gasteiger partial charge in [-0.15, -0.1) is 0 Å². The second-order valence-corrected chi connectivity index (χ2v) is 20.2. The van der Waals surface area contributed by atoms with Crippen LogP contribution in [0.1, 0.15) is 0 Å². The normalized spacial score (nSPS) is 11.8. The fourth-order valence-electron chi connectivity index (χ4n) is 10.4. The van der Waals surface area contributed by atoms with Crippen molar-refractivity contribution in [1.82, 2.24) is 9.13 Å².